The molecule has 1 aromatic carbocycles. The van der Waals surface area contributed by atoms with E-state index >= 15 is 0 Å². The van der Waals surface area contributed by atoms with Gasteiger partial charge in [-0.05, 0) is 24.1 Å². The van der Waals surface area contributed by atoms with Crippen LogP contribution in [0.25, 0.3) is 0 Å². The van der Waals surface area contributed by atoms with E-state index in [0.717, 1.165) is 22.7 Å². The van der Waals surface area contributed by atoms with Crippen molar-refractivity contribution in [1.29, 1.82) is 0 Å². The SMILES string of the molecule is CC/C(Cc1ccc(Cl)cc1)=N\O. The van der Waals surface area contributed by atoms with Gasteiger partial charge in [-0.3, -0.25) is 0 Å². The molecule has 3 heteroatoms. The second-order valence-corrected chi connectivity index (χ2v) is 3.26. The molecule has 70 valence electrons. The average Bonchev–Trinajstić information content (AvgIpc) is 2.17. The average molecular weight is 198 g/mol. The first kappa shape index (κ1) is 10.1. The van der Waals surface area contributed by atoms with E-state index in [9.17, 15) is 0 Å². The summed E-state index contributed by atoms with van der Waals surface area (Å²) in [5, 5.41) is 12.5. The molecule has 1 aromatic rings. The van der Waals surface area contributed by atoms with Crippen LogP contribution >= 0.6 is 11.6 Å². The Balaban J connectivity index is 2.69. The topological polar surface area (TPSA) is 32.6 Å². The van der Waals surface area contributed by atoms with Crippen molar-refractivity contribution in [3.05, 3.63) is 34.9 Å². The van der Waals surface area contributed by atoms with Crippen LogP contribution in [0.1, 0.15) is 18.9 Å². The van der Waals surface area contributed by atoms with Crippen LogP contribution in [0.15, 0.2) is 29.4 Å². The fourth-order valence-corrected chi connectivity index (χ4v) is 1.19. The van der Waals surface area contributed by atoms with E-state index in [0.29, 0.717) is 6.42 Å². The number of oxime groups is 1. The maximum Gasteiger partial charge on any atom is 0.0611 e. The van der Waals surface area contributed by atoms with E-state index < -0.39 is 0 Å². The number of hydrogen-bond donors (Lipinski definition) is 1. The summed E-state index contributed by atoms with van der Waals surface area (Å²) in [6, 6.07) is 7.54. The van der Waals surface area contributed by atoms with Crippen molar-refractivity contribution < 1.29 is 5.21 Å². The van der Waals surface area contributed by atoms with Gasteiger partial charge in [-0.15, -0.1) is 0 Å². The Morgan fingerprint density at radius 2 is 2.00 bits per heavy atom. The highest BCUT2D eigenvalue weighted by atomic mass is 35.5. The van der Waals surface area contributed by atoms with Gasteiger partial charge in [-0.2, -0.15) is 0 Å². The third-order valence-corrected chi connectivity index (χ3v) is 2.12. The molecule has 0 aliphatic carbocycles. The van der Waals surface area contributed by atoms with Crippen molar-refractivity contribution >= 4 is 17.3 Å². The Morgan fingerprint density at radius 1 is 1.38 bits per heavy atom. The van der Waals surface area contributed by atoms with Gasteiger partial charge in [0.2, 0.25) is 0 Å². The Kier molecular flexibility index (Phi) is 3.77. The Morgan fingerprint density at radius 3 is 2.46 bits per heavy atom. The van der Waals surface area contributed by atoms with Gasteiger partial charge in [0.1, 0.15) is 0 Å². The number of hydrogen-bond acceptors (Lipinski definition) is 2. The summed E-state index contributed by atoms with van der Waals surface area (Å²) in [5.41, 5.74) is 1.89. The molecule has 0 radical (unpaired) electrons. The van der Waals surface area contributed by atoms with E-state index in [1.807, 2.05) is 31.2 Å². The molecule has 0 fully saturated rings. The lowest BCUT2D eigenvalue weighted by molar-refractivity contribution is 0.317. The van der Waals surface area contributed by atoms with Crippen LogP contribution in [-0.2, 0) is 6.42 Å². The maximum atomic E-state index is 8.60. The van der Waals surface area contributed by atoms with Gasteiger partial charge < -0.3 is 5.21 Å². The smallest absolute Gasteiger partial charge is 0.0611 e. The zero-order valence-electron chi connectivity index (χ0n) is 7.50. The largest absolute Gasteiger partial charge is 0.411 e. The molecule has 0 atom stereocenters. The Bertz CT molecular complexity index is 292. The second kappa shape index (κ2) is 4.87. The van der Waals surface area contributed by atoms with Crippen LogP contribution in [0, 0.1) is 0 Å². The second-order valence-electron chi connectivity index (χ2n) is 2.82. The van der Waals surface area contributed by atoms with Crippen LogP contribution in [-0.4, -0.2) is 10.9 Å². The van der Waals surface area contributed by atoms with Crippen LogP contribution < -0.4 is 0 Å². The van der Waals surface area contributed by atoms with Gasteiger partial charge >= 0.3 is 0 Å². The van der Waals surface area contributed by atoms with Gasteiger partial charge in [-0.25, -0.2) is 0 Å². The van der Waals surface area contributed by atoms with Crippen molar-refractivity contribution in [2.24, 2.45) is 5.16 Å². The molecule has 0 aliphatic rings. The van der Waals surface area contributed by atoms with Gasteiger partial charge in [0.25, 0.3) is 0 Å². The maximum absolute atomic E-state index is 8.60. The molecule has 0 aromatic heterocycles. The van der Waals surface area contributed by atoms with Crippen molar-refractivity contribution in [3.63, 3.8) is 0 Å². The number of nitrogens with zero attached hydrogens (tertiary/aromatic N) is 1. The zero-order chi connectivity index (χ0) is 9.68. The predicted octanol–water partition coefficient (Wildman–Crippen LogP) is 3.12. The molecule has 0 aliphatic heterocycles. The summed E-state index contributed by atoms with van der Waals surface area (Å²) in [7, 11) is 0. The molecule has 0 saturated carbocycles. The van der Waals surface area contributed by atoms with Crippen LogP contribution in [0.3, 0.4) is 0 Å². The van der Waals surface area contributed by atoms with E-state index in [1.54, 1.807) is 0 Å². The molecule has 2 nitrogen and oxygen atoms in total. The first-order valence-corrected chi connectivity index (χ1v) is 4.58. The fraction of sp³-hybridized carbons (Fsp3) is 0.300. The predicted molar refractivity (Wildman–Crippen MR) is 54.7 cm³/mol. The third kappa shape index (κ3) is 3.07. The summed E-state index contributed by atoms with van der Waals surface area (Å²) in [6.07, 6.45) is 1.45. The lowest BCUT2D eigenvalue weighted by Crippen LogP contribution is -2.00. The van der Waals surface area contributed by atoms with Crippen LogP contribution in [0.2, 0.25) is 5.02 Å². The van der Waals surface area contributed by atoms with Crippen molar-refractivity contribution in [3.8, 4) is 0 Å². The third-order valence-electron chi connectivity index (χ3n) is 1.87. The summed E-state index contributed by atoms with van der Waals surface area (Å²) in [4.78, 5) is 0. The van der Waals surface area contributed by atoms with Gasteiger partial charge in [0.05, 0.1) is 5.71 Å². The van der Waals surface area contributed by atoms with Gasteiger partial charge in [0, 0.05) is 11.4 Å². The standard InChI is InChI=1S/C10H12ClNO/c1-2-10(12-13)7-8-3-5-9(11)6-4-8/h3-6,13H,2,7H2,1H3/b12-10+. The Hall–Kier alpha value is -1.02. The number of rotatable bonds is 3. The highest BCUT2D eigenvalue weighted by Crippen LogP contribution is 2.10. The summed E-state index contributed by atoms with van der Waals surface area (Å²) in [5.74, 6) is 0. The number of halogens is 1. The minimum atomic E-state index is 0.685. The van der Waals surface area contributed by atoms with Crippen molar-refractivity contribution in [1.82, 2.24) is 0 Å². The molecule has 0 bridgehead atoms. The van der Waals surface area contributed by atoms with Gasteiger partial charge in [0.15, 0.2) is 0 Å². The molecule has 0 unspecified atom stereocenters. The minimum absolute atomic E-state index is 0.685. The highest BCUT2D eigenvalue weighted by Gasteiger charge is 1.99. The fourth-order valence-electron chi connectivity index (χ4n) is 1.07. The van der Waals surface area contributed by atoms with Crippen LogP contribution in [0.4, 0.5) is 0 Å². The zero-order valence-corrected chi connectivity index (χ0v) is 8.25. The molecule has 0 saturated heterocycles. The Labute approximate surface area is 82.8 Å². The van der Waals surface area contributed by atoms with Crippen LogP contribution in [0.5, 0.6) is 0 Å². The first-order valence-electron chi connectivity index (χ1n) is 4.20. The van der Waals surface area contributed by atoms with Crippen molar-refractivity contribution in [2.75, 3.05) is 0 Å². The highest BCUT2D eigenvalue weighted by molar-refractivity contribution is 6.30. The number of benzene rings is 1. The van der Waals surface area contributed by atoms with Crippen molar-refractivity contribution in [2.45, 2.75) is 19.8 Å². The molecular formula is C10H12ClNO. The lowest BCUT2D eigenvalue weighted by Gasteiger charge is -2.01. The summed E-state index contributed by atoms with van der Waals surface area (Å²) in [6.45, 7) is 1.96. The molecule has 1 N–H and O–H groups in total. The van der Waals surface area contributed by atoms with E-state index in [2.05, 4.69) is 5.16 Å². The van der Waals surface area contributed by atoms with E-state index in [-0.39, 0.29) is 0 Å². The first-order chi connectivity index (χ1) is 6.26. The summed E-state index contributed by atoms with van der Waals surface area (Å²) >= 11 is 5.74. The van der Waals surface area contributed by atoms with E-state index in [4.69, 9.17) is 16.8 Å². The normalized spacial score (nSPS) is 11.7. The lowest BCUT2D eigenvalue weighted by atomic mass is 10.1. The molecule has 0 amide bonds. The van der Waals surface area contributed by atoms with Gasteiger partial charge in [-0.1, -0.05) is 35.8 Å². The minimum Gasteiger partial charge on any atom is -0.411 e. The molecule has 13 heavy (non-hydrogen) atoms. The quantitative estimate of drug-likeness (QED) is 0.451. The molecule has 0 heterocycles. The monoisotopic (exact) mass is 197 g/mol. The molecule has 1 rings (SSSR count). The summed E-state index contributed by atoms with van der Waals surface area (Å²) < 4.78 is 0. The molecular weight excluding hydrogens is 186 g/mol. The molecule has 0 spiro atoms. The van der Waals surface area contributed by atoms with E-state index in [1.165, 1.54) is 0 Å².